The van der Waals surface area contributed by atoms with Gasteiger partial charge >= 0.3 is 6.04 Å². The third-order valence-electron chi connectivity index (χ3n) is 1.49. The van der Waals surface area contributed by atoms with E-state index in [0.717, 1.165) is 0 Å². The van der Waals surface area contributed by atoms with Crippen LogP contribution in [0.15, 0.2) is 0 Å². The van der Waals surface area contributed by atoms with Gasteiger partial charge in [-0.2, -0.15) is 4.39 Å². The van der Waals surface area contributed by atoms with Gasteiger partial charge in [-0.25, -0.2) is 0 Å². The number of carbonyl (C=O) groups excluding carboxylic acids is 1. The van der Waals surface area contributed by atoms with Crippen LogP contribution >= 0.6 is 0 Å². The van der Waals surface area contributed by atoms with E-state index < -0.39 is 37.1 Å². The van der Waals surface area contributed by atoms with E-state index in [1.807, 2.05) is 0 Å². The smallest absolute Gasteiger partial charge is 0.332 e. The van der Waals surface area contributed by atoms with Crippen LogP contribution in [0.25, 0.3) is 0 Å². The van der Waals surface area contributed by atoms with Crippen LogP contribution in [0.1, 0.15) is 0 Å². The fourth-order valence-electron chi connectivity index (χ4n) is 0.657. The number of hydrogen-bond donors (Lipinski definition) is 5. The summed E-state index contributed by atoms with van der Waals surface area (Å²) in [4.78, 5) is 9.87. The number of aliphatic hydroxyl groups is 5. The Kier molecular flexibility index (Phi) is 4.96. The summed E-state index contributed by atoms with van der Waals surface area (Å²) in [6, 6.07) is -2.23. The Balaban J connectivity index is 4.24. The minimum Gasteiger partial charge on any atom is -0.394 e. The molecule has 0 aliphatic carbocycles. The lowest BCUT2D eigenvalue weighted by molar-refractivity contribution is -0.156. The molecule has 0 fully saturated rings. The third-order valence-corrected chi connectivity index (χ3v) is 1.49. The van der Waals surface area contributed by atoms with E-state index in [0.29, 0.717) is 0 Å². The molecule has 4 atom stereocenters. The number of rotatable bonds is 5. The summed E-state index contributed by atoms with van der Waals surface area (Å²) >= 11 is 0. The van der Waals surface area contributed by atoms with Crippen LogP contribution in [-0.4, -0.2) is 62.6 Å². The standard InChI is InChI=1S/C6H11FO6/c7-6(13)5(12)4(11)3(10)2(9)1-8/h2-5,8-12H,1H2/t2-,3-,4+,5-/m1/s1/i7-1. The first-order valence-corrected chi connectivity index (χ1v) is 3.44. The summed E-state index contributed by atoms with van der Waals surface area (Å²) in [5.41, 5.74) is 0. The number of carbonyl (C=O) groups is 1. The molecule has 0 spiro atoms. The van der Waals surface area contributed by atoms with Gasteiger partial charge in [-0.1, -0.05) is 0 Å². The highest BCUT2D eigenvalue weighted by atomic mass is 18.2. The second-order valence-electron chi connectivity index (χ2n) is 2.48. The maximum atomic E-state index is 11.8. The van der Waals surface area contributed by atoms with E-state index in [1.54, 1.807) is 0 Å². The average molecular weight is 197 g/mol. The van der Waals surface area contributed by atoms with Gasteiger partial charge < -0.3 is 25.5 Å². The first-order chi connectivity index (χ1) is 5.91. The predicted molar refractivity (Wildman–Crippen MR) is 37.2 cm³/mol. The van der Waals surface area contributed by atoms with Gasteiger partial charge in [0.2, 0.25) is 0 Å². The summed E-state index contributed by atoms with van der Waals surface area (Å²) in [5.74, 6) is 0. The molecule has 6 nitrogen and oxygen atoms in total. The molecule has 78 valence electrons. The lowest BCUT2D eigenvalue weighted by Crippen LogP contribution is -2.47. The lowest BCUT2D eigenvalue weighted by Gasteiger charge is -2.22. The third kappa shape index (κ3) is 3.33. The molecule has 0 aromatic carbocycles. The zero-order chi connectivity index (χ0) is 10.6. The van der Waals surface area contributed by atoms with E-state index in [2.05, 4.69) is 0 Å². The van der Waals surface area contributed by atoms with E-state index in [-0.39, 0.29) is 0 Å². The zero-order valence-electron chi connectivity index (χ0n) is 6.54. The maximum absolute atomic E-state index is 11.8. The molecule has 0 aliphatic heterocycles. The van der Waals surface area contributed by atoms with Crippen molar-refractivity contribution in [1.29, 1.82) is 0 Å². The van der Waals surface area contributed by atoms with Crippen molar-refractivity contribution in [3.63, 3.8) is 0 Å². The van der Waals surface area contributed by atoms with Gasteiger partial charge in [0.05, 0.1) is 6.61 Å². The molecule has 0 aromatic heterocycles. The van der Waals surface area contributed by atoms with Crippen LogP contribution < -0.4 is 0 Å². The fourth-order valence-corrected chi connectivity index (χ4v) is 0.657. The molecular formula is C6H11FO6. The fraction of sp³-hybridized carbons (Fsp3) is 0.833. The van der Waals surface area contributed by atoms with Crippen molar-refractivity contribution in [2.45, 2.75) is 24.4 Å². The van der Waals surface area contributed by atoms with Crippen molar-refractivity contribution < 1.29 is 34.7 Å². The highest BCUT2D eigenvalue weighted by molar-refractivity contribution is 5.73. The topological polar surface area (TPSA) is 118 Å². The quantitative estimate of drug-likeness (QED) is 0.298. The van der Waals surface area contributed by atoms with E-state index in [9.17, 15) is 9.18 Å². The molecule has 0 aromatic rings. The van der Waals surface area contributed by atoms with Crippen molar-refractivity contribution in [2.75, 3.05) is 6.61 Å². The Morgan fingerprint density at radius 2 is 1.62 bits per heavy atom. The van der Waals surface area contributed by atoms with Crippen LogP contribution in [0.3, 0.4) is 0 Å². The van der Waals surface area contributed by atoms with E-state index >= 15 is 0 Å². The second kappa shape index (κ2) is 5.20. The molecule has 0 rings (SSSR count). The summed E-state index contributed by atoms with van der Waals surface area (Å²) in [6.45, 7) is -0.884. The summed E-state index contributed by atoms with van der Waals surface area (Å²) in [6.07, 6.45) is -8.32. The minimum absolute atomic E-state index is 0.884. The molecule has 0 heterocycles. The molecule has 7 heteroatoms. The zero-order valence-corrected chi connectivity index (χ0v) is 6.54. The average Bonchev–Trinajstić information content (AvgIpc) is 2.12. The molecule has 13 heavy (non-hydrogen) atoms. The highest BCUT2D eigenvalue weighted by Gasteiger charge is 2.34. The Hall–Kier alpha value is -0.600. The van der Waals surface area contributed by atoms with Crippen LogP contribution in [0.4, 0.5) is 4.39 Å². The molecule has 0 unspecified atom stereocenters. The van der Waals surface area contributed by atoms with Crippen molar-refractivity contribution in [1.82, 2.24) is 0 Å². The van der Waals surface area contributed by atoms with E-state index in [4.69, 9.17) is 25.5 Å². The summed E-state index contributed by atoms with van der Waals surface area (Å²) in [7, 11) is 0. The van der Waals surface area contributed by atoms with Gasteiger partial charge in [0.25, 0.3) is 0 Å². The van der Waals surface area contributed by atoms with Gasteiger partial charge in [0, 0.05) is 0 Å². The maximum Gasteiger partial charge on any atom is 0.332 e. The van der Waals surface area contributed by atoms with Gasteiger partial charge in [-0.3, -0.25) is 4.79 Å². The Morgan fingerprint density at radius 1 is 1.15 bits per heavy atom. The van der Waals surface area contributed by atoms with Crippen LogP contribution in [-0.2, 0) is 4.79 Å². The normalized spacial score (nSPS) is 20.5. The highest BCUT2D eigenvalue weighted by Crippen LogP contribution is 2.06. The largest absolute Gasteiger partial charge is 0.394 e. The number of hydrogen-bond acceptors (Lipinski definition) is 6. The van der Waals surface area contributed by atoms with Crippen LogP contribution in [0.2, 0.25) is 0 Å². The van der Waals surface area contributed by atoms with E-state index in [1.165, 1.54) is 0 Å². The Morgan fingerprint density at radius 3 is 1.92 bits per heavy atom. The van der Waals surface area contributed by atoms with Crippen molar-refractivity contribution in [3.8, 4) is 0 Å². The lowest BCUT2D eigenvalue weighted by atomic mass is 10.0. The van der Waals surface area contributed by atoms with Gasteiger partial charge in [-0.05, 0) is 0 Å². The predicted octanol–water partition coefficient (Wildman–Crippen LogP) is -3.08. The SMILES string of the molecule is O=C([18F])[C@H](O)[C@@H](O)[C@H](O)[C@H](O)CO. The van der Waals surface area contributed by atoms with Crippen molar-refractivity contribution >= 4 is 6.04 Å². The van der Waals surface area contributed by atoms with Crippen molar-refractivity contribution in [3.05, 3.63) is 0 Å². The molecular weight excluding hydrogens is 186 g/mol. The van der Waals surface area contributed by atoms with Crippen molar-refractivity contribution in [2.24, 2.45) is 0 Å². The van der Waals surface area contributed by atoms with Gasteiger partial charge in [0.1, 0.15) is 18.3 Å². The second-order valence-corrected chi connectivity index (χ2v) is 2.48. The van der Waals surface area contributed by atoms with Crippen LogP contribution in [0, 0.1) is 0 Å². The molecule has 0 amide bonds. The summed E-state index contributed by atoms with van der Waals surface area (Å²) < 4.78 is 11.8. The number of aliphatic hydroxyl groups excluding tert-OH is 5. The first kappa shape index (κ1) is 12.4. The molecule has 0 saturated heterocycles. The molecule has 0 bridgehead atoms. The molecule has 0 saturated carbocycles. The van der Waals surface area contributed by atoms with Gasteiger partial charge in [-0.15, -0.1) is 0 Å². The minimum atomic E-state index is -2.42. The Bertz CT molecular complexity index is 175. The number of halogens is 1. The Labute approximate surface area is 72.9 Å². The van der Waals surface area contributed by atoms with Gasteiger partial charge in [0.15, 0.2) is 6.10 Å². The molecule has 0 radical (unpaired) electrons. The summed E-state index contributed by atoms with van der Waals surface area (Å²) in [5, 5.41) is 43.3. The molecule has 5 N–H and O–H groups in total. The van der Waals surface area contributed by atoms with Crippen LogP contribution in [0.5, 0.6) is 0 Å². The monoisotopic (exact) mass is 197 g/mol. The molecule has 0 aliphatic rings. The first-order valence-electron chi connectivity index (χ1n) is 3.44.